The van der Waals surface area contributed by atoms with Gasteiger partial charge in [-0.05, 0) is 35.9 Å². The molecule has 0 saturated carbocycles. The van der Waals surface area contributed by atoms with E-state index in [0.29, 0.717) is 10.9 Å². The molecule has 0 aliphatic carbocycles. The lowest BCUT2D eigenvalue weighted by Crippen LogP contribution is -2.23. The number of nitrogens with one attached hydrogen (secondary N) is 1. The number of carbonyl (C=O) groups is 1. The fourth-order valence-corrected chi connectivity index (χ4v) is 2.35. The topological polar surface area (TPSA) is 112 Å². The van der Waals surface area contributed by atoms with Crippen molar-refractivity contribution in [3.63, 3.8) is 0 Å². The quantitative estimate of drug-likeness (QED) is 0.414. The first kappa shape index (κ1) is 17.1. The molecule has 0 radical (unpaired) electrons. The number of nitrogens with zero attached hydrogens (tertiary/aromatic N) is 4. The van der Waals surface area contributed by atoms with E-state index >= 15 is 0 Å². The maximum absolute atomic E-state index is 12.0. The fourth-order valence-electron chi connectivity index (χ4n) is 2.35. The predicted molar refractivity (Wildman–Crippen MR) is 95.1 cm³/mol. The molecule has 1 amide bonds. The molecule has 9 heteroatoms. The first-order chi connectivity index (χ1) is 12.6. The van der Waals surface area contributed by atoms with Gasteiger partial charge in [0.15, 0.2) is 0 Å². The van der Waals surface area contributed by atoms with Gasteiger partial charge in [0.2, 0.25) is 0 Å². The minimum Gasteiger partial charge on any atom is -0.497 e. The molecular weight excluding hydrogens is 338 g/mol. The zero-order valence-corrected chi connectivity index (χ0v) is 13.8. The number of hydrogen-bond donors (Lipinski definition) is 1. The van der Waals surface area contributed by atoms with Gasteiger partial charge in [-0.25, -0.2) is 5.43 Å². The van der Waals surface area contributed by atoms with E-state index in [-0.39, 0.29) is 18.1 Å². The van der Waals surface area contributed by atoms with Gasteiger partial charge in [-0.2, -0.15) is 10.2 Å². The number of nitro benzene ring substituents is 1. The summed E-state index contributed by atoms with van der Waals surface area (Å²) >= 11 is 0. The number of non-ortho nitro benzene ring substituents is 1. The van der Waals surface area contributed by atoms with Crippen LogP contribution < -0.4 is 10.2 Å². The normalized spacial score (nSPS) is 11.0. The van der Waals surface area contributed by atoms with Crippen molar-refractivity contribution in [2.24, 2.45) is 5.10 Å². The van der Waals surface area contributed by atoms with E-state index < -0.39 is 4.92 Å². The average Bonchev–Trinajstić information content (AvgIpc) is 3.04. The lowest BCUT2D eigenvalue weighted by atomic mass is 10.2. The average molecular weight is 353 g/mol. The fraction of sp³-hybridized carbons (Fsp3) is 0.118. The van der Waals surface area contributed by atoms with Crippen molar-refractivity contribution in [2.75, 3.05) is 7.11 Å². The molecule has 0 aliphatic heterocycles. The molecule has 2 aromatic carbocycles. The summed E-state index contributed by atoms with van der Waals surface area (Å²) in [5, 5.41) is 19.4. The van der Waals surface area contributed by atoms with Crippen LogP contribution in [-0.2, 0) is 11.3 Å². The van der Waals surface area contributed by atoms with Gasteiger partial charge in [0.1, 0.15) is 12.3 Å². The zero-order valence-electron chi connectivity index (χ0n) is 13.8. The number of rotatable bonds is 6. The summed E-state index contributed by atoms with van der Waals surface area (Å²) < 4.78 is 6.52. The largest absolute Gasteiger partial charge is 0.497 e. The summed E-state index contributed by atoms with van der Waals surface area (Å²) in [7, 11) is 1.58. The summed E-state index contributed by atoms with van der Waals surface area (Å²) in [6.07, 6.45) is 3.00. The van der Waals surface area contributed by atoms with Crippen LogP contribution in [0, 0.1) is 10.1 Å². The molecule has 3 aromatic rings. The molecule has 0 spiro atoms. The molecule has 0 saturated heterocycles. The number of fused-ring (bicyclic) bond motifs is 1. The Labute approximate surface area is 148 Å². The highest BCUT2D eigenvalue weighted by atomic mass is 16.6. The number of amides is 1. The van der Waals surface area contributed by atoms with Crippen LogP contribution in [0.25, 0.3) is 10.9 Å². The van der Waals surface area contributed by atoms with E-state index in [9.17, 15) is 14.9 Å². The summed E-state index contributed by atoms with van der Waals surface area (Å²) in [5.74, 6) is 0.370. The molecule has 1 heterocycles. The zero-order chi connectivity index (χ0) is 18.5. The van der Waals surface area contributed by atoms with Gasteiger partial charge in [0, 0.05) is 17.5 Å². The minimum atomic E-state index is -0.475. The van der Waals surface area contributed by atoms with E-state index in [0.717, 1.165) is 11.3 Å². The predicted octanol–water partition coefficient (Wildman–Crippen LogP) is 2.10. The lowest BCUT2D eigenvalue weighted by molar-refractivity contribution is -0.384. The molecule has 1 aromatic heterocycles. The van der Waals surface area contributed by atoms with Crippen LogP contribution in [0.4, 0.5) is 5.69 Å². The number of methoxy groups -OCH3 is 1. The van der Waals surface area contributed by atoms with E-state index in [2.05, 4.69) is 15.6 Å². The molecule has 132 valence electrons. The van der Waals surface area contributed by atoms with Crippen LogP contribution >= 0.6 is 0 Å². The van der Waals surface area contributed by atoms with Gasteiger partial charge < -0.3 is 4.74 Å². The first-order valence-electron chi connectivity index (χ1n) is 7.63. The maximum atomic E-state index is 12.0. The second-order valence-corrected chi connectivity index (χ2v) is 5.37. The number of ether oxygens (including phenoxy) is 1. The third-order valence-electron chi connectivity index (χ3n) is 3.65. The standard InChI is InChI=1S/C17H15N5O4/c1-26-15-5-2-12(3-6-15)9-18-20-17(23)11-21-16-7-4-14(22(24)25)8-13(16)10-19-21/h2-10H,11H2,1H3,(H,20,23)/b18-9+. The number of carbonyl (C=O) groups excluding carboxylic acids is 1. The van der Waals surface area contributed by atoms with Crippen molar-refractivity contribution in [3.8, 4) is 5.75 Å². The van der Waals surface area contributed by atoms with Gasteiger partial charge in [0.25, 0.3) is 11.6 Å². The van der Waals surface area contributed by atoms with Crippen molar-refractivity contribution in [3.05, 3.63) is 64.3 Å². The third kappa shape index (κ3) is 3.83. The Hall–Kier alpha value is -3.75. The molecule has 0 atom stereocenters. The molecule has 0 aliphatic rings. The molecule has 3 rings (SSSR count). The van der Waals surface area contributed by atoms with Gasteiger partial charge in [0.05, 0.1) is 30.0 Å². The van der Waals surface area contributed by atoms with Crippen LogP contribution in [0.15, 0.2) is 53.8 Å². The van der Waals surface area contributed by atoms with Crippen molar-refractivity contribution in [1.29, 1.82) is 0 Å². The smallest absolute Gasteiger partial charge is 0.270 e. The highest BCUT2D eigenvalue weighted by molar-refractivity contribution is 5.85. The molecule has 0 unspecified atom stereocenters. The summed E-state index contributed by atoms with van der Waals surface area (Å²) in [4.78, 5) is 22.3. The van der Waals surface area contributed by atoms with Crippen molar-refractivity contribution in [1.82, 2.24) is 15.2 Å². The Bertz CT molecular complexity index is 978. The summed E-state index contributed by atoms with van der Waals surface area (Å²) in [6, 6.07) is 11.6. The van der Waals surface area contributed by atoms with Crippen LogP contribution in [0.3, 0.4) is 0 Å². The number of benzene rings is 2. The molecule has 0 bridgehead atoms. The molecule has 9 nitrogen and oxygen atoms in total. The third-order valence-corrected chi connectivity index (χ3v) is 3.65. The van der Waals surface area contributed by atoms with Gasteiger partial charge in [-0.15, -0.1) is 0 Å². The van der Waals surface area contributed by atoms with Gasteiger partial charge in [-0.1, -0.05) is 0 Å². The number of hydrazone groups is 1. The van der Waals surface area contributed by atoms with Crippen LogP contribution in [0.1, 0.15) is 5.56 Å². The second-order valence-electron chi connectivity index (χ2n) is 5.37. The lowest BCUT2D eigenvalue weighted by Gasteiger charge is -2.03. The van der Waals surface area contributed by atoms with E-state index in [1.54, 1.807) is 25.3 Å². The Morgan fingerprint density at radius 2 is 2.12 bits per heavy atom. The Kier molecular flexibility index (Phi) is 4.88. The van der Waals surface area contributed by atoms with E-state index in [1.165, 1.54) is 29.2 Å². The summed E-state index contributed by atoms with van der Waals surface area (Å²) in [6.45, 7) is -0.0543. The Balaban J connectivity index is 1.63. The van der Waals surface area contributed by atoms with Gasteiger partial charge in [-0.3, -0.25) is 19.6 Å². The maximum Gasteiger partial charge on any atom is 0.270 e. The van der Waals surface area contributed by atoms with Crippen LogP contribution in [0.5, 0.6) is 5.75 Å². The molecule has 26 heavy (non-hydrogen) atoms. The van der Waals surface area contributed by atoms with Crippen molar-refractivity contribution < 1.29 is 14.5 Å². The number of hydrogen-bond acceptors (Lipinski definition) is 6. The Morgan fingerprint density at radius 1 is 1.35 bits per heavy atom. The SMILES string of the molecule is COc1ccc(/C=N/NC(=O)Cn2ncc3cc([N+](=O)[O-])ccc32)cc1. The second kappa shape index (κ2) is 7.43. The van der Waals surface area contributed by atoms with Crippen LogP contribution in [0.2, 0.25) is 0 Å². The summed E-state index contributed by atoms with van der Waals surface area (Å²) in [5.41, 5.74) is 3.84. The highest BCUT2D eigenvalue weighted by Crippen LogP contribution is 2.20. The number of aromatic nitrogens is 2. The first-order valence-corrected chi connectivity index (χ1v) is 7.63. The molecular formula is C17H15N5O4. The highest BCUT2D eigenvalue weighted by Gasteiger charge is 2.11. The van der Waals surface area contributed by atoms with Crippen LogP contribution in [-0.4, -0.2) is 33.9 Å². The Morgan fingerprint density at radius 3 is 2.81 bits per heavy atom. The van der Waals surface area contributed by atoms with E-state index in [4.69, 9.17) is 4.74 Å². The van der Waals surface area contributed by atoms with Gasteiger partial charge >= 0.3 is 0 Å². The van der Waals surface area contributed by atoms with Crippen molar-refractivity contribution >= 4 is 28.7 Å². The van der Waals surface area contributed by atoms with Crippen molar-refractivity contribution in [2.45, 2.75) is 6.54 Å². The monoisotopic (exact) mass is 353 g/mol. The minimum absolute atomic E-state index is 0.0226. The van der Waals surface area contributed by atoms with E-state index in [1.807, 2.05) is 12.1 Å². The molecule has 0 fully saturated rings. The molecule has 1 N–H and O–H groups in total. The number of nitro groups is 1.